The fourth-order valence-corrected chi connectivity index (χ4v) is 2.67. The average Bonchev–Trinajstić information content (AvgIpc) is 2.42. The van der Waals surface area contributed by atoms with Gasteiger partial charge in [0, 0.05) is 13.0 Å². The first-order valence-corrected chi connectivity index (χ1v) is 7.45. The van der Waals surface area contributed by atoms with Crippen molar-refractivity contribution in [3.05, 3.63) is 0 Å². The molecule has 0 spiro atoms. The molecule has 7 nitrogen and oxygen atoms in total. The van der Waals surface area contributed by atoms with E-state index in [0.717, 1.165) is 6.42 Å². The van der Waals surface area contributed by atoms with Gasteiger partial charge in [0.05, 0.1) is 0 Å². The zero-order valence-corrected chi connectivity index (χ0v) is 12.4. The summed E-state index contributed by atoms with van der Waals surface area (Å²) in [5, 5.41) is 14.1. The van der Waals surface area contributed by atoms with Crippen LogP contribution in [0.3, 0.4) is 0 Å². The van der Waals surface area contributed by atoms with Crippen molar-refractivity contribution < 1.29 is 19.5 Å². The fraction of sp³-hybridized carbons (Fsp3) is 0.786. The molecule has 2 unspecified atom stereocenters. The smallest absolute Gasteiger partial charge is 0.326 e. The molecule has 7 heteroatoms. The molecule has 3 amide bonds. The Morgan fingerprint density at radius 1 is 1.29 bits per heavy atom. The SMILES string of the molecule is CC1CCCCC1CNC(=O)N[C@@H](CCC(N)=O)C(=O)O. The van der Waals surface area contributed by atoms with Gasteiger partial charge < -0.3 is 21.5 Å². The van der Waals surface area contributed by atoms with Gasteiger partial charge >= 0.3 is 12.0 Å². The number of carbonyl (C=O) groups excluding carboxylic acids is 2. The first kappa shape index (κ1) is 17.3. The van der Waals surface area contributed by atoms with Crippen LogP contribution in [-0.4, -0.2) is 35.6 Å². The van der Waals surface area contributed by atoms with E-state index in [1.54, 1.807) is 0 Å². The van der Waals surface area contributed by atoms with Crippen LogP contribution >= 0.6 is 0 Å². The lowest BCUT2D eigenvalue weighted by Gasteiger charge is -2.29. The Morgan fingerprint density at radius 2 is 1.95 bits per heavy atom. The van der Waals surface area contributed by atoms with Crippen LogP contribution in [0.15, 0.2) is 0 Å². The highest BCUT2D eigenvalue weighted by atomic mass is 16.4. The summed E-state index contributed by atoms with van der Waals surface area (Å²) in [5.41, 5.74) is 4.98. The molecule has 21 heavy (non-hydrogen) atoms. The second kappa shape index (κ2) is 8.49. The Balaban J connectivity index is 2.35. The Bertz CT molecular complexity index is 386. The van der Waals surface area contributed by atoms with Crippen molar-refractivity contribution in [2.45, 2.75) is 51.5 Å². The molecular formula is C14H25N3O4. The molecule has 0 saturated heterocycles. The minimum absolute atomic E-state index is 0.00207. The summed E-state index contributed by atoms with van der Waals surface area (Å²) >= 11 is 0. The molecule has 5 N–H and O–H groups in total. The van der Waals surface area contributed by atoms with Crippen LogP contribution in [0.2, 0.25) is 0 Å². The van der Waals surface area contributed by atoms with Crippen LogP contribution in [0.5, 0.6) is 0 Å². The quantitative estimate of drug-likeness (QED) is 0.556. The molecule has 0 heterocycles. The van der Waals surface area contributed by atoms with Gasteiger partial charge in [-0.1, -0.05) is 26.2 Å². The third-order valence-electron chi connectivity index (χ3n) is 4.10. The largest absolute Gasteiger partial charge is 0.480 e. The fourth-order valence-electron chi connectivity index (χ4n) is 2.67. The lowest BCUT2D eigenvalue weighted by Crippen LogP contribution is -2.47. The summed E-state index contributed by atoms with van der Waals surface area (Å²) in [7, 11) is 0. The molecule has 1 aliphatic rings. The van der Waals surface area contributed by atoms with Gasteiger partial charge in [-0.05, 0) is 24.7 Å². The number of rotatable bonds is 7. The predicted molar refractivity (Wildman–Crippen MR) is 77.5 cm³/mol. The molecule has 1 fully saturated rings. The number of carboxylic acid groups (broad SMARTS) is 1. The summed E-state index contributed by atoms with van der Waals surface area (Å²) in [6.07, 6.45) is 4.59. The number of aliphatic carboxylic acids is 1. The highest BCUT2D eigenvalue weighted by molar-refractivity contribution is 5.83. The topological polar surface area (TPSA) is 122 Å². The summed E-state index contributed by atoms with van der Waals surface area (Å²) in [6.45, 7) is 2.73. The molecular weight excluding hydrogens is 274 g/mol. The van der Waals surface area contributed by atoms with Gasteiger partial charge in [-0.15, -0.1) is 0 Å². The number of amides is 3. The van der Waals surface area contributed by atoms with Crippen LogP contribution in [-0.2, 0) is 9.59 Å². The van der Waals surface area contributed by atoms with E-state index < -0.39 is 23.9 Å². The van der Waals surface area contributed by atoms with Crippen molar-refractivity contribution in [3.63, 3.8) is 0 Å². The van der Waals surface area contributed by atoms with E-state index in [2.05, 4.69) is 17.6 Å². The Kier molecular flexibility index (Phi) is 6.98. The molecule has 0 aromatic carbocycles. The van der Waals surface area contributed by atoms with Crippen LogP contribution in [0.1, 0.15) is 45.4 Å². The van der Waals surface area contributed by atoms with E-state index in [1.807, 2.05) is 0 Å². The second-order valence-corrected chi connectivity index (χ2v) is 5.77. The average molecular weight is 299 g/mol. The maximum Gasteiger partial charge on any atom is 0.326 e. The number of nitrogens with two attached hydrogens (primary N) is 1. The van der Waals surface area contributed by atoms with E-state index in [1.165, 1.54) is 19.3 Å². The van der Waals surface area contributed by atoms with E-state index in [-0.39, 0.29) is 12.8 Å². The molecule has 0 bridgehead atoms. The Labute approximate surface area is 124 Å². The van der Waals surface area contributed by atoms with Crippen molar-refractivity contribution in [2.75, 3.05) is 6.54 Å². The van der Waals surface area contributed by atoms with Gasteiger partial charge in [0.1, 0.15) is 6.04 Å². The zero-order valence-electron chi connectivity index (χ0n) is 12.4. The first-order chi connectivity index (χ1) is 9.90. The molecule has 3 atom stereocenters. The number of hydrogen-bond acceptors (Lipinski definition) is 3. The minimum Gasteiger partial charge on any atom is -0.480 e. The van der Waals surface area contributed by atoms with Gasteiger partial charge in [-0.3, -0.25) is 4.79 Å². The van der Waals surface area contributed by atoms with Gasteiger partial charge in [0.2, 0.25) is 5.91 Å². The lowest BCUT2D eigenvalue weighted by atomic mass is 9.80. The van der Waals surface area contributed by atoms with E-state index in [9.17, 15) is 14.4 Å². The van der Waals surface area contributed by atoms with Gasteiger partial charge in [-0.25, -0.2) is 9.59 Å². The van der Waals surface area contributed by atoms with Crippen LogP contribution in [0.4, 0.5) is 4.79 Å². The lowest BCUT2D eigenvalue weighted by molar-refractivity contribution is -0.139. The maximum absolute atomic E-state index is 11.8. The Hall–Kier alpha value is -1.79. The number of primary amides is 1. The van der Waals surface area contributed by atoms with E-state index in [4.69, 9.17) is 10.8 Å². The number of carbonyl (C=O) groups is 3. The number of hydrogen-bond donors (Lipinski definition) is 4. The molecule has 1 saturated carbocycles. The van der Waals surface area contributed by atoms with Crippen LogP contribution in [0, 0.1) is 11.8 Å². The number of nitrogens with one attached hydrogen (secondary N) is 2. The highest BCUT2D eigenvalue weighted by Gasteiger charge is 2.23. The minimum atomic E-state index is -1.17. The van der Waals surface area contributed by atoms with Crippen LogP contribution < -0.4 is 16.4 Å². The third-order valence-corrected chi connectivity index (χ3v) is 4.10. The Morgan fingerprint density at radius 3 is 2.52 bits per heavy atom. The van der Waals surface area contributed by atoms with Crippen molar-refractivity contribution in [1.82, 2.24) is 10.6 Å². The van der Waals surface area contributed by atoms with Crippen molar-refractivity contribution in [3.8, 4) is 0 Å². The van der Waals surface area contributed by atoms with Crippen molar-refractivity contribution in [2.24, 2.45) is 17.6 Å². The van der Waals surface area contributed by atoms with Crippen molar-refractivity contribution >= 4 is 17.9 Å². The van der Waals surface area contributed by atoms with E-state index >= 15 is 0 Å². The van der Waals surface area contributed by atoms with Gasteiger partial charge in [0.25, 0.3) is 0 Å². The monoisotopic (exact) mass is 299 g/mol. The number of urea groups is 1. The van der Waals surface area contributed by atoms with Gasteiger partial charge in [-0.2, -0.15) is 0 Å². The van der Waals surface area contributed by atoms with Gasteiger partial charge in [0.15, 0.2) is 0 Å². The third kappa shape index (κ3) is 6.46. The van der Waals surface area contributed by atoms with Crippen LogP contribution in [0.25, 0.3) is 0 Å². The maximum atomic E-state index is 11.8. The summed E-state index contributed by atoms with van der Waals surface area (Å²) in [6, 6.07) is -1.61. The molecule has 0 aliphatic heterocycles. The molecule has 0 radical (unpaired) electrons. The van der Waals surface area contributed by atoms with Crippen molar-refractivity contribution in [1.29, 1.82) is 0 Å². The molecule has 0 aromatic rings. The second-order valence-electron chi connectivity index (χ2n) is 5.77. The summed E-state index contributed by atoms with van der Waals surface area (Å²) < 4.78 is 0. The standard InChI is InChI=1S/C14H25N3O4/c1-9-4-2-3-5-10(9)8-16-14(21)17-11(13(19)20)6-7-12(15)18/h9-11H,2-8H2,1H3,(H2,15,18)(H,19,20)(H2,16,17,21)/t9?,10?,11-/m0/s1. The number of carboxylic acids is 1. The van der Waals surface area contributed by atoms with E-state index in [0.29, 0.717) is 18.4 Å². The molecule has 120 valence electrons. The zero-order chi connectivity index (χ0) is 15.8. The first-order valence-electron chi connectivity index (χ1n) is 7.45. The summed E-state index contributed by atoms with van der Waals surface area (Å²) in [5.74, 6) is -0.737. The highest BCUT2D eigenvalue weighted by Crippen LogP contribution is 2.28. The molecule has 1 rings (SSSR count). The summed E-state index contributed by atoms with van der Waals surface area (Å²) in [4.78, 5) is 33.4. The molecule has 1 aliphatic carbocycles. The predicted octanol–water partition coefficient (Wildman–Crippen LogP) is 0.831. The normalized spacial score (nSPS) is 23.1. The molecule has 0 aromatic heterocycles.